The van der Waals surface area contributed by atoms with Crippen molar-refractivity contribution in [2.45, 2.75) is 38.4 Å². The number of fused-ring (bicyclic) bond motifs is 3. The Morgan fingerprint density at radius 2 is 1.97 bits per heavy atom. The molecule has 0 spiro atoms. The zero-order valence-corrected chi connectivity index (χ0v) is 19.5. The lowest BCUT2D eigenvalue weighted by Gasteiger charge is -2.16. The minimum Gasteiger partial charge on any atom is -0.492 e. The first-order chi connectivity index (χ1) is 15.8. The smallest absolute Gasteiger partial charge is 0.229 e. The first-order valence-electron chi connectivity index (χ1n) is 11.2. The van der Waals surface area contributed by atoms with Crippen LogP contribution in [0.5, 0.6) is 5.75 Å². The maximum absolute atomic E-state index is 11.6. The van der Waals surface area contributed by atoms with Crippen LogP contribution in [-0.2, 0) is 29.5 Å². The van der Waals surface area contributed by atoms with Crippen molar-refractivity contribution in [2.75, 3.05) is 30.7 Å². The number of aromatic amines is 1. The van der Waals surface area contributed by atoms with E-state index >= 15 is 0 Å². The minimum atomic E-state index is -3.50. The number of hydrogen-bond acceptors (Lipinski definition) is 6. The van der Waals surface area contributed by atoms with E-state index < -0.39 is 16.1 Å². The maximum Gasteiger partial charge on any atom is 0.229 e. The third-order valence-corrected chi connectivity index (χ3v) is 6.53. The van der Waals surface area contributed by atoms with E-state index in [2.05, 4.69) is 21.1 Å². The van der Waals surface area contributed by atoms with Gasteiger partial charge < -0.3 is 25.3 Å². The molecule has 1 aliphatic rings. The second kappa shape index (κ2) is 10.1. The van der Waals surface area contributed by atoms with Gasteiger partial charge in [0.15, 0.2) is 0 Å². The number of ether oxygens (including phenoxy) is 1. The van der Waals surface area contributed by atoms with Crippen LogP contribution < -0.4 is 14.8 Å². The van der Waals surface area contributed by atoms with Crippen molar-refractivity contribution in [1.29, 1.82) is 0 Å². The summed E-state index contributed by atoms with van der Waals surface area (Å²) < 4.78 is 31.3. The SMILES string of the molecule is CS(=O)(=O)Nc1cc([C@@H](O)CNCCOc2ccc3c4c([nH]c3c2)CCCC4)ccc1CO. The van der Waals surface area contributed by atoms with Gasteiger partial charge in [-0.05, 0) is 55.0 Å². The molecule has 9 heteroatoms. The largest absolute Gasteiger partial charge is 0.492 e. The van der Waals surface area contributed by atoms with Crippen molar-refractivity contribution >= 4 is 26.6 Å². The molecule has 0 aliphatic heterocycles. The molecule has 33 heavy (non-hydrogen) atoms. The predicted molar refractivity (Wildman–Crippen MR) is 129 cm³/mol. The molecule has 1 aliphatic carbocycles. The fourth-order valence-electron chi connectivity index (χ4n) is 4.31. The summed E-state index contributed by atoms with van der Waals surface area (Å²) in [5.41, 5.74) is 5.17. The number of nitrogens with one attached hydrogen (secondary N) is 3. The molecule has 1 heterocycles. The fraction of sp³-hybridized carbons (Fsp3) is 0.417. The number of hydrogen-bond donors (Lipinski definition) is 5. The van der Waals surface area contributed by atoms with Gasteiger partial charge in [-0.2, -0.15) is 0 Å². The van der Waals surface area contributed by atoms with Crippen molar-refractivity contribution < 1.29 is 23.4 Å². The van der Waals surface area contributed by atoms with E-state index in [-0.39, 0.29) is 18.8 Å². The summed E-state index contributed by atoms with van der Waals surface area (Å²) in [6, 6.07) is 11.0. The van der Waals surface area contributed by atoms with E-state index in [1.807, 2.05) is 12.1 Å². The van der Waals surface area contributed by atoms with E-state index in [0.29, 0.717) is 24.3 Å². The summed E-state index contributed by atoms with van der Waals surface area (Å²) >= 11 is 0. The molecule has 8 nitrogen and oxygen atoms in total. The highest BCUT2D eigenvalue weighted by atomic mass is 32.2. The van der Waals surface area contributed by atoms with E-state index in [1.54, 1.807) is 18.2 Å². The number of H-pyrrole nitrogens is 1. The highest BCUT2D eigenvalue weighted by Crippen LogP contribution is 2.31. The summed E-state index contributed by atoms with van der Waals surface area (Å²) in [4.78, 5) is 3.53. The number of aliphatic hydroxyl groups excluding tert-OH is 2. The number of anilines is 1. The normalized spacial score (nSPS) is 14.8. The van der Waals surface area contributed by atoms with Crippen molar-refractivity contribution in [2.24, 2.45) is 0 Å². The lowest BCUT2D eigenvalue weighted by molar-refractivity contribution is 0.172. The van der Waals surface area contributed by atoms with Crippen LogP contribution in [0.1, 0.15) is 41.3 Å². The number of benzene rings is 2. The average Bonchev–Trinajstić information content (AvgIpc) is 3.15. The Kier molecular flexibility index (Phi) is 7.23. The topological polar surface area (TPSA) is 124 Å². The first kappa shape index (κ1) is 23.6. The summed E-state index contributed by atoms with van der Waals surface area (Å²) in [6.07, 6.45) is 4.94. The molecule has 2 aromatic carbocycles. The molecular formula is C24H31N3O5S. The molecule has 0 bridgehead atoms. The van der Waals surface area contributed by atoms with Gasteiger partial charge in [0.2, 0.25) is 10.0 Å². The van der Waals surface area contributed by atoms with Crippen LogP contribution in [0.2, 0.25) is 0 Å². The molecule has 0 saturated heterocycles. The van der Waals surface area contributed by atoms with Crippen molar-refractivity contribution in [1.82, 2.24) is 10.3 Å². The van der Waals surface area contributed by atoms with Gasteiger partial charge in [-0.25, -0.2) is 8.42 Å². The Labute approximate surface area is 194 Å². The predicted octanol–water partition coefficient (Wildman–Crippen LogP) is 2.61. The van der Waals surface area contributed by atoms with Crippen LogP contribution in [0.25, 0.3) is 10.9 Å². The maximum atomic E-state index is 11.6. The van der Waals surface area contributed by atoms with Gasteiger partial charge in [0.05, 0.1) is 24.7 Å². The Hall–Kier alpha value is -2.59. The number of sulfonamides is 1. The number of rotatable bonds is 10. The van der Waals surface area contributed by atoms with Gasteiger partial charge in [0.1, 0.15) is 12.4 Å². The van der Waals surface area contributed by atoms with Crippen LogP contribution in [-0.4, -0.2) is 49.6 Å². The van der Waals surface area contributed by atoms with Crippen LogP contribution in [0, 0.1) is 0 Å². The molecule has 4 rings (SSSR count). The third-order valence-electron chi connectivity index (χ3n) is 5.94. The molecule has 3 aromatic rings. The molecule has 0 radical (unpaired) electrons. The average molecular weight is 474 g/mol. The number of aryl methyl sites for hydroxylation is 2. The monoisotopic (exact) mass is 473 g/mol. The number of aromatic nitrogens is 1. The Morgan fingerprint density at radius 1 is 1.15 bits per heavy atom. The molecule has 1 aromatic heterocycles. The molecule has 5 N–H and O–H groups in total. The minimum absolute atomic E-state index is 0.265. The lowest BCUT2D eigenvalue weighted by Crippen LogP contribution is -2.26. The molecular weight excluding hydrogens is 442 g/mol. The standard InChI is InChI=1S/C24H31N3O5S/c1-33(30,31)27-22-12-16(6-7-17(22)15-28)24(29)14-25-10-11-32-18-8-9-20-19-4-2-3-5-21(19)26-23(20)13-18/h6-9,12-13,24-29H,2-5,10-11,14-15H2,1H3/t24-/m0/s1. The van der Waals surface area contributed by atoms with Crippen molar-refractivity contribution in [3.8, 4) is 5.75 Å². The molecule has 0 saturated carbocycles. The molecule has 0 fully saturated rings. The van der Waals surface area contributed by atoms with Gasteiger partial charge in [-0.1, -0.05) is 12.1 Å². The molecule has 178 valence electrons. The third kappa shape index (κ3) is 5.86. The van der Waals surface area contributed by atoms with Crippen molar-refractivity contribution in [3.63, 3.8) is 0 Å². The van der Waals surface area contributed by atoms with Crippen LogP contribution >= 0.6 is 0 Å². The van der Waals surface area contributed by atoms with Crippen LogP contribution in [0.4, 0.5) is 5.69 Å². The fourth-order valence-corrected chi connectivity index (χ4v) is 4.90. The summed E-state index contributed by atoms with van der Waals surface area (Å²) in [6.45, 7) is 0.964. The van der Waals surface area contributed by atoms with E-state index in [0.717, 1.165) is 30.4 Å². The Bertz CT molecular complexity index is 1220. The van der Waals surface area contributed by atoms with E-state index in [4.69, 9.17) is 4.74 Å². The van der Waals surface area contributed by atoms with Gasteiger partial charge in [0.25, 0.3) is 0 Å². The zero-order chi connectivity index (χ0) is 23.4. The quantitative estimate of drug-likeness (QED) is 0.289. The van der Waals surface area contributed by atoms with Gasteiger partial charge >= 0.3 is 0 Å². The van der Waals surface area contributed by atoms with Gasteiger partial charge in [-0.15, -0.1) is 0 Å². The number of aliphatic hydroxyl groups is 2. The van der Waals surface area contributed by atoms with E-state index in [9.17, 15) is 18.6 Å². The zero-order valence-electron chi connectivity index (χ0n) is 18.7. The summed E-state index contributed by atoms with van der Waals surface area (Å²) in [5.74, 6) is 0.805. The summed E-state index contributed by atoms with van der Waals surface area (Å²) in [7, 11) is -3.50. The van der Waals surface area contributed by atoms with Crippen molar-refractivity contribution in [3.05, 3.63) is 58.8 Å². The van der Waals surface area contributed by atoms with E-state index in [1.165, 1.54) is 29.5 Å². The van der Waals surface area contributed by atoms with Crippen LogP contribution in [0.3, 0.4) is 0 Å². The Morgan fingerprint density at radius 3 is 2.76 bits per heavy atom. The van der Waals surface area contributed by atoms with Gasteiger partial charge in [-0.3, -0.25) is 4.72 Å². The molecule has 0 unspecified atom stereocenters. The highest BCUT2D eigenvalue weighted by molar-refractivity contribution is 7.92. The Balaban J connectivity index is 1.28. The molecule has 0 amide bonds. The summed E-state index contributed by atoms with van der Waals surface area (Å²) in [5, 5.41) is 24.3. The molecule has 1 atom stereocenters. The van der Waals surface area contributed by atoms with Gasteiger partial charge in [0, 0.05) is 41.3 Å². The second-order valence-electron chi connectivity index (χ2n) is 8.51. The highest BCUT2D eigenvalue weighted by Gasteiger charge is 2.16. The second-order valence-corrected chi connectivity index (χ2v) is 10.3. The van der Waals surface area contributed by atoms with Crippen LogP contribution in [0.15, 0.2) is 36.4 Å². The first-order valence-corrected chi connectivity index (χ1v) is 13.1. The lowest BCUT2D eigenvalue weighted by atomic mass is 9.96.